The molecule has 0 saturated heterocycles. The van der Waals surface area contributed by atoms with Gasteiger partial charge in [-0.15, -0.1) is 0 Å². The highest BCUT2D eigenvalue weighted by molar-refractivity contribution is 5.63. The third-order valence-corrected chi connectivity index (χ3v) is 1.43. The third-order valence-electron chi connectivity index (χ3n) is 1.43. The van der Waals surface area contributed by atoms with Crippen molar-refractivity contribution < 1.29 is 9.90 Å². The summed E-state index contributed by atoms with van der Waals surface area (Å²) in [5, 5.41) is 11.4. The molecular formula is C6H14N2O2. The fourth-order valence-electron chi connectivity index (χ4n) is 0.769. The van der Waals surface area contributed by atoms with Gasteiger partial charge in [0.15, 0.2) is 0 Å². The van der Waals surface area contributed by atoms with E-state index < -0.39 is 6.09 Å². The normalized spacial score (nSPS) is 10.0. The van der Waals surface area contributed by atoms with Crippen molar-refractivity contribution in [3.63, 3.8) is 0 Å². The van der Waals surface area contributed by atoms with E-state index in [0.717, 1.165) is 13.1 Å². The molecule has 0 aliphatic rings. The first kappa shape index (κ1) is 9.23. The molecule has 0 bridgehead atoms. The molecule has 0 saturated carbocycles. The lowest BCUT2D eigenvalue weighted by molar-refractivity contribution is 0.0194. The molecule has 1 amide bonds. The maximum Gasteiger partial charge on any atom is 0.421 e. The molecule has 0 heterocycles. The minimum Gasteiger partial charge on any atom is -0.464 e. The second-order valence-electron chi connectivity index (χ2n) is 1.95. The molecule has 0 aliphatic heterocycles. The quantitative estimate of drug-likeness (QED) is 0.600. The van der Waals surface area contributed by atoms with E-state index in [-0.39, 0.29) is 0 Å². The molecule has 0 aromatic carbocycles. The average Bonchev–Trinajstić information content (AvgIpc) is 1.90. The van der Waals surface area contributed by atoms with E-state index in [1.54, 1.807) is 5.01 Å². The monoisotopic (exact) mass is 146 g/mol. The summed E-state index contributed by atoms with van der Waals surface area (Å²) in [6.45, 7) is 5.28. The Balaban J connectivity index is 3.88. The van der Waals surface area contributed by atoms with Gasteiger partial charge in [-0.2, -0.15) is 0 Å². The zero-order valence-electron chi connectivity index (χ0n) is 6.66. The molecule has 0 unspecified atom stereocenters. The molecule has 0 aromatic rings. The smallest absolute Gasteiger partial charge is 0.421 e. The first-order valence-corrected chi connectivity index (χ1v) is 3.35. The lowest BCUT2D eigenvalue weighted by Gasteiger charge is -2.26. The molecule has 0 aromatic heterocycles. The number of carbonyl (C=O) groups is 1. The van der Waals surface area contributed by atoms with Crippen molar-refractivity contribution in [1.82, 2.24) is 10.0 Å². The number of rotatable bonds is 3. The van der Waals surface area contributed by atoms with Crippen molar-refractivity contribution in [3.8, 4) is 0 Å². The van der Waals surface area contributed by atoms with Gasteiger partial charge in [0.25, 0.3) is 0 Å². The van der Waals surface area contributed by atoms with Crippen LogP contribution in [-0.4, -0.2) is 41.4 Å². The summed E-state index contributed by atoms with van der Waals surface area (Å²) in [4.78, 5) is 10.3. The minimum atomic E-state index is -0.913. The first-order chi connectivity index (χ1) is 4.63. The summed E-state index contributed by atoms with van der Waals surface area (Å²) in [6.07, 6.45) is -0.913. The second-order valence-corrected chi connectivity index (χ2v) is 1.95. The molecule has 0 fully saturated rings. The maximum atomic E-state index is 10.3. The molecule has 0 aliphatic carbocycles. The van der Waals surface area contributed by atoms with E-state index in [1.807, 2.05) is 13.8 Å². The fraction of sp³-hybridized carbons (Fsp3) is 0.833. The summed E-state index contributed by atoms with van der Waals surface area (Å²) in [5.74, 6) is 0. The van der Waals surface area contributed by atoms with Crippen LogP contribution >= 0.6 is 0 Å². The van der Waals surface area contributed by atoms with Gasteiger partial charge in [-0.05, 0) is 0 Å². The zero-order chi connectivity index (χ0) is 8.15. The van der Waals surface area contributed by atoms with Gasteiger partial charge in [0, 0.05) is 20.1 Å². The molecule has 0 rings (SSSR count). The number of carboxylic acid groups (broad SMARTS) is 1. The molecule has 4 nitrogen and oxygen atoms in total. The van der Waals surface area contributed by atoms with Crippen LogP contribution < -0.4 is 0 Å². The first-order valence-electron chi connectivity index (χ1n) is 3.35. The van der Waals surface area contributed by atoms with E-state index >= 15 is 0 Å². The van der Waals surface area contributed by atoms with Crippen molar-refractivity contribution in [2.45, 2.75) is 13.8 Å². The van der Waals surface area contributed by atoms with Crippen molar-refractivity contribution in [1.29, 1.82) is 0 Å². The van der Waals surface area contributed by atoms with E-state index in [0.29, 0.717) is 0 Å². The Hall–Kier alpha value is -0.770. The second kappa shape index (κ2) is 4.11. The lowest BCUT2D eigenvalue weighted by atomic mass is 10.6. The average molecular weight is 146 g/mol. The third kappa shape index (κ3) is 2.23. The molecule has 0 atom stereocenters. The van der Waals surface area contributed by atoms with Crippen LogP contribution in [0.4, 0.5) is 4.79 Å². The lowest BCUT2D eigenvalue weighted by Crippen LogP contribution is -2.42. The molecule has 4 heteroatoms. The van der Waals surface area contributed by atoms with Crippen molar-refractivity contribution in [3.05, 3.63) is 0 Å². The van der Waals surface area contributed by atoms with Gasteiger partial charge in [-0.1, -0.05) is 13.8 Å². The Labute approximate surface area is 61.0 Å². The van der Waals surface area contributed by atoms with E-state index in [2.05, 4.69) is 0 Å². The summed E-state index contributed by atoms with van der Waals surface area (Å²) in [6, 6.07) is 0. The molecule has 0 spiro atoms. The van der Waals surface area contributed by atoms with Crippen LogP contribution in [0.15, 0.2) is 0 Å². The SMILES string of the molecule is CCN(CC)N(C)C(=O)O. The van der Waals surface area contributed by atoms with Crippen LogP contribution in [0.3, 0.4) is 0 Å². The standard InChI is InChI=1S/C6H14N2O2/c1-4-8(5-2)7(3)6(9)10/h4-5H2,1-3H3,(H,9,10). The van der Waals surface area contributed by atoms with Crippen molar-refractivity contribution in [2.75, 3.05) is 20.1 Å². The van der Waals surface area contributed by atoms with Crippen LogP contribution in [0.25, 0.3) is 0 Å². The highest BCUT2D eigenvalue weighted by Gasteiger charge is 2.10. The number of amides is 1. The fourth-order valence-corrected chi connectivity index (χ4v) is 0.769. The number of hydrogen-bond acceptors (Lipinski definition) is 2. The highest BCUT2D eigenvalue weighted by Crippen LogP contribution is 1.92. The topological polar surface area (TPSA) is 43.8 Å². The summed E-state index contributed by atoms with van der Waals surface area (Å²) < 4.78 is 0. The predicted octanol–water partition coefficient (Wildman–Crippen LogP) is 0.853. The Morgan fingerprint density at radius 2 is 1.80 bits per heavy atom. The molecule has 1 N–H and O–H groups in total. The Bertz CT molecular complexity index is 112. The van der Waals surface area contributed by atoms with Crippen molar-refractivity contribution >= 4 is 6.09 Å². The molecule has 60 valence electrons. The van der Waals surface area contributed by atoms with Crippen LogP contribution in [0.1, 0.15) is 13.8 Å². The summed E-state index contributed by atoms with van der Waals surface area (Å²) >= 11 is 0. The van der Waals surface area contributed by atoms with Crippen LogP contribution in [0.2, 0.25) is 0 Å². The minimum absolute atomic E-state index is 0.722. The van der Waals surface area contributed by atoms with E-state index in [4.69, 9.17) is 5.11 Å². The van der Waals surface area contributed by atoms with Gasteiger partial charge >= 0.3 is 6.09 Å². The molecule has 0 radical (unpaired) electrons. The summed E-state index contributed by atoms with van der Waals surface area (Å²) in [7, 11) is 1.54. The predicted molar refractivity (Wildman–Crippen MR) is 38.7 cm³/mol. The van der Waals surface area contributed by atoms with E-state index in [9.17, 15) is 4.79 Å². The van der Waals surface area contributed by atoms with Crippen LogP contribution in [0.5, 0.6) is 0 Å². The largest absolute Gasteiger partial charge is 0.464 e. The number of hydrogen-bond donors (Lipinski definition) is 1. The summed E-state index contributed by atoms with van der Waals surface area (Å²) in [5.41, 5.74) is 0. The Morgan fingerprint density at radius 1 is 1.40 bits per heavy atom. The molecular weight excluding hydrogens is 132 g/mol. The van der Waals surface area contributed by atoms with Gasteiger partial charge in [0.1, 0.15) is 0 Å². The van der Waals surface area contributed by atoms with Gasteiger partial charge < -0.3 is 5.11 Å². The Kier molecular flexibility index (Phi) is 3.79. The van der Waals surface area contributed by atoms with Crippen LogP contribution in [-0.2, 0) is 0 Å². The maximum absolute atomic E-state index is 10.3. The van der Waals surface area contributed by atoms with Gasteiger partial charge in [-0.25, -0.2) is 14.8 Å². The number of hydrazine groups is 1. The van der Waals surface area contributed by atoms with Gasteiger partial charge in [0.2, 0.25) is 0 Å². The van der Waals surface area contributed by atoms with Gasteiger partial charge in [-0.3, -0.25) is 0 Å². The van der Waals surface area contributed by atoms with E-state index in [1.165, 1.54) is 12.1 Å². The van der Waals surface area contributed by atoms with Gasteiger partial charge in [0.05, 0.1) is 0 Å². The highest BCUT2D eigenvalue weighted by atomic mass is 16.4. The molecule has 10 heavy (non-hydrogen) atoms. The zero-order valence-corrected chi connectivity index (χ0v) is 6.66. The van der Waals surface area contributed by atoms with Crippen LogP contribution in [0, 0.1) is 0 Å². The van der Waals surface area contributed by atoms with Crippen molar-refractivity contribution in [2.24, 2.45) is 0 Å². The Morgan fingerprint density at radius 3 is 1.90 bits per heavy atom. The number of nitrogens with zero attached hydrogens (tertiary/aromatic N) is 2.